The maximum Gasteiger partial charge on any atom is 0.326 e. The molecule has 1 aliphatic heterocycles. The van der Waals surface area contributed by atoms with Crippen LogP contribution >= 0.6 is 0 Å². The first-order valence-corrected chi connectivity index (χ1v) is 6.94. The Hall–Kier alpha value is -2.08. The molecule has 6 heteroatoms. The number of β-amino-alcohol motifs (C(OH)–C–C–N with tert-alkyl or cyclic N) is 1. The van der Waals surface area contributed by atoms with Crippen LogP contribution in [-0.2, 0) is 9.59 Å². The minimum Gasteiger partial charge on any atom is -0.480 e. The number of hydrogen-bond acceptors (Lipinski definition) is 4. The average Bonchev–Trinajstić information content (AvgIpc) is 2.82. The number of carbonyl (C=O) groups excluding carboxylic acids is 1. The molecule has 3 unspecified atom stereocenters. The van der Waals surface area contributed by atoms with Crippen molar-refractivity contribution in [3.05, 3.63) is 29.8 Å². The first-order valence-electron chi connectivity index (χ1n) is 6.94. The highest BCUT2D eigenvalue weighted by atomic mass is 16.4. The molecule has 1 aliphatic rings. The van der Waals surface area contributed by atoms with Crippen LogP contribution in [0.15, 0.2) is 24.3 Å². The van der Waals surface area contributed by atoms with Gasteiger partial charge in [0.15, 0.2) is 0 Å². The van der Waals surface area contributed by atoms with Crippen LogP contribution in [0.25, 0.3) is 0 Å². The Balaban J connectivity index is 2.03. The lowest BCUT2D eigenvalue weighted by Gasteiger charge is -2.23. The zero-order valence-corrected chi connectivity index (χ0v) is 11.9. The van der Waals surface area contributed by atoms with Crippen molar-refractivity contribution in [3.63, 3.8) is 0 Å². The van der Waals surface area contributed by atoms with Gasteiger partial charge < -0.3 is 20.8 Å². The zero-order chi connectivity index (χ0) is 15.6. The SMILES string of the molecule is CC(CC(=O)N1CC(O)CC1C(=O)O)c1ccc(N)cc1. The standard InChI is InChI=1S/C15H20N2O4/c1-9(10-2-4-11(16)5-3-10)6-14(19)17-8-12(18)7-13(17)15(20)21/h2-5,9,12-13,18H,6-8,16H2,1H3,(H,20,21). The van der Waals surface area contributed by atoms with Gasteiger partial charge in [0.05, 0.1) is 6.10 Å². The van der Waals surface area contributed by atoms with Gasteiger partial charge in [0.1, 0.15) is 6.04 Å². The summed E-state index contributed by atoms with van der Waals surface area (Å²) in [7, 11) is 0. The van der Waals surface area contributed by atoms with Crippen molar-refractivity contribution in [1.82, 2.24) is 4.90 Å². The number of likely N-dealkylation sites (tertiary alicyclic amines) is 1. The quantitative estimate of drug-likeness (QED) is 0.712. The van der Waals surface area contributed by atoms with Crippen molar-refractivity contribution < 1.29 is 19.8 Å². The topological polar surface area (TPSA) is 104 Å². The van der Waals surface area contributed by atoms with Gasteiger partial charge in [0.25, 0.3) is 0 Å². The summed E-state index contributed by atoms with van der Waals surface area (Å²) in [6.07, 6.45) is -0.459. The lowest BCUT2D eigenvalue weighted by molar-refractivity contribution is -0.148. The number of anilines is 1. The molecule has 0 aliphatic carbocycles. The van der Waals surface area contributed by atoms with Gasteiger partial charge in [-0.2, -0.15) is 0 Å². The summed E-state index contributed by atoms with van der Waals surface area (Å²) in [4.78, 5) is 24.7. The molecule has 0 bridgehead atoms. The lowest BCUT2D eigenvalue weighted by Crippen LogP contribution is -2.41. The Kier molecular flexibility index (Phi) is 4.47. The molecule has 1 heterocycles. The average molecular weight is 292 g/mol. The van der Waals surface area contributed by atoms with Crippen LogP contribution in [0.2, 0.25) is 0 Å². The van der Waals surface area contributed by atoms with Crippen LogP contribution in [-0.4, -0.2) is 45.7 Å². The third kappa shape index (κ3) is 3.52. The predicted molar refractivity (Wildman–Crippen MR) is 77.6 cm³/mol. The van der Waals surface area contributed by atoms with Crippen molar-refractivity contribution in [3.8, 4) is 0 Å². The fraction of sp³-hybridized carbons (Fsp3) is 0.467. The number of nitrogens with two attached hydrogens (primary N) is 1. The maximum atomic E-state index is 12.3. The molecule has 0 saturated carbocycles. The Morgan fingerprint density at radius 2 is 2.00 bits per heavy atom. The molecule has 1 amide bonds. The fourth-order valence-electron chi connectivity index (χ4n) is 2.65. The van der Waals surface area contributed by atoms with Gasteiger partial charge in [-0.15, -0.1) is 0 Å². The van der Waals surface area contributed by atoms with E-state index in [2.05, 4.69) is 0 Å². The van der Waals surface area contributed by atoms with Crippen molar-refractivity contribution in [2.24, 2.45) is 0 Å². The molecule has 1 aromatic carbocycles. The minimum absolute atomic E-state index is 0.0368. The van der Waals surface area contributed by atoms with E-state index < -0.39 is 18.1 Å². The number of hydrogen-bond donors (Lipinski definition) is 3. The first-order chi connectivity index (χ1) is 9.88. The third-order valence-electron chi connectivity index (χ3n) is 3.87. The van der Waals surface area contributed by atoms with Crippen molar-refractivity contribution in [1.29, 1.82) is 0 Å². The van der Waals surface area contributed by atoms with E-state index in [0.717, 1.165) is 5.56 Å². The van der Waals surface area contributed by atoms with Gasteiger partial charge >= 0.3 is 5.97 Å². The largest absolute Gasteiger partial charge is 0.480 e. The maximum absolute atomic E-state index is 12.3. The molecule has 3 atom stereocenters. The van der Waals surface area contributed by atoms with E-state index in [9.17, 15) is 14.7 Å². The monoisotopic (exact) mass is 292 g/mol. The molecule has 6 nitrogen and oxygen atoms in total. The van der Waals surface area contributed by atoms with Gasteiger partial charge in [0, 0.05) is 25.1 Å². The van der Waals surface area contributed by atoms with Crippen LogP contribution < -0.4 is 5.73 Å². The molecule has 0 radical (unpaired) electrons. The molecule has 114 valence electrons. The number of carbonyl (C=O) groups is 2. The number of carboxylic acids is 1. The number of benzene rings is 1. The molecule has 2 rings (SSSR count). The highest BCUT2D eigenvalue weighted by Crippen LogP contribution is 2.25. The van der Waals surface area contributed by atoms with Crippen LogP contribution in [0.4, 0.5) is 5.69 Å². The van der Waals surface area contributed by atoms with E-state index >= 15 is 0 Å². The molecule has 4 N–H and O–H groups in total. The molecule has 1 fully saturated rings. The molecule has 21 heavy (non-hydrogen) atoms. The van der Waals surface area contributed by atoms with E-state index in [1.54, 1.807) is 12.1 Å². The summed E-state index contributed by atoms with van der Waals surface area (Å²) in [5, 5.41) is 18.7. The smallest absolute Gasteiger partial charge is 0.326 e. The number of rotatable bonds is 4. The number of aliphatic hydroxyl groups excluding tert-OH is 1. The van der Waals surface area contributed by atoms with E-state index in [0.29, 0.717) is 5.69 Å². The van der Waals surface area contributed by atoms with E-state index in [1.807, 2.05) is 19.1 Å². The minimum atomic E-state index is -1.07. The summed E-state index contributed by atoms with van der Waals surface area (Å²) in [6.45, 7) is 2.00. The summed E-state index contributed by atoms with van der Waals surface area (Å²) in [6, 6.07) is 6.35. The van der Waals surface area contributed by atoms with Crippen LogP contribution in [0.3, 0.4) is 0 Å². The van der Waals surface area contributed by atoms with Gasteiger partial charge in [-0.05, 0) is 23.6 Å². The number of nitrogen functional groups attached to an aromatic ring is 1. The summed E-state index contributed by atoms with van der Waals surface area (Å²) < 4.78 is 0. The van der Waals surface area contributed by atoms with Crippen LogP contribution in [0, 0.1) is 0 Å². The summed E-state index contributed by atoms with van der Waals surface area (Å²) >= 11 is 0. The van der Waals surface area contributed by atoms with Gasteiger partial charge in [-0.25, -0.2) is 4.79 Å². The van der Waals surface area contributed by atoms with Crippen molar-refractivity contribution in [2.75, 3.05) is 12.3 Å². The normalized spacial score (nSPS) is 23.0. The number of aliphatic carboxylic acids is 1. The lowest BCUT2D eigenvalue weighted by atomic mass is 9.97. The fourth-order valence-corrected chi connectivity index (χ4v) is 2.65. The number of carboxylic acid groups (broad SMARTS) is 1. The molecule has 0 aromatic heterocycles. The van der Waals surface area contributed by atoms with Crippen molar-refractivity contribution in [2.45, 2.75) is 37.8 Å². The highest BCUT2D eigenvalue weighted by Gasteiger charge is 2.38. The molecular formula is C15H20N2O4. The van der Waals surface area contributed by atoms with Crippen LogP contribution in [0.1, 0.15) is 31.2 Å². The number of amides is 1. The zero-order valence-electron chi connectivity index (χ0n) is 11.9. The molecule has 1 saturated heterocycles. The second-order valence-electron chi connectivity index (χ2n) is 5.56. The van der Waals surface area contributed by atoms with E-state index in [-0.39, 0.29) is 31.2 Å². The second-order valence-corrected chi connectivity index (χ2v) is 5.56. The third-order valence-corrected chi connectivity index (χ3v) is 3.87. The van der Waals surface area contributed by atoms with E-state index in [4.69, 9.17) is 10.8 Å². The highest BCUT2D eigenvalue weighted by molar-refractivity contribution is 5.84. The summed E-state index contributed by atoms with van der Waals surface area (Å²) in [5.41, 5.74) is 7.26. The van der Waals surface area contributed by atoms with Gasteiger partial charge in [-0.1, -0.05) is 19.1 Å². The van der Waals surface area contributed by atoms with Gasteiger partial charge in [-0.3, -0.25) is 4.79 Å². The van der Waals surface area contributed by atoms with Gasteiger partial charge in [0.2, 0.25) is 5.91 Å². The van der Waals surface area contributed by atoms with E-state index in [1.165, 1.54) is 4.90 Å². The molecular weight excluding hydrogens is 272 g/mol. The Bertz CT molecular complexity index is 529. The molecule has 1 aromatic rings. The Labute approximate surface area is 123 Å². The number of aliphatic hydroxyl groups is 1. The number of nitrogens with zero attached hydrogens (tertiary/aromatic N) is 1. The van der Waals surface area contributed by atoms with Crippen LogP contribution in [0.5, 0.6) is 0 Å². The first kappa shape index (κ1) is 15.3. The summed E-state index contributed by atoms with van der Waals surface area (Å²) in [5.74, 6) is -1.35. The predicted octanol–water partition coefficient (Wildman–Crippen LogP) is 0.809. The second kappa shape index (κ2) is 6.13. The Morgan fingerprint density at radius 3 is 2.57 bits per heavy atom. The Morgan fingerprint density at radius 1 is 1.38 bits per heavy atom. The van der Waals surface area contributed by atoms with Crippen molar-refractivity contribution >= 4 is 17.6 Å². The molecule has 0 spiro atoms.